The van der Waals surface area contributed by atoms with Gasteiger partial charge in [0.2, 0.25) is 0 Å². The Morgan fingerprint density at radius 1 is 1.27 bits per heavy atom. The maximum atomic E-state index is 11.9. The number of ether oxygens (including phenoxy) is 1. The highest BCUT2D eigenvalue weighted by Crippen LogP contribution is 2.34. The number of phenols is 1. The molecule has 0 aliphatic rings. The molecule has 1 aromatic carbocycles. The van der Waals surface area contributed by atoms with Crippen LogP contribution in [0.3, 0.4) is 0 Å². The lowest BCUT2D eigenvalue weighted by Gasteiger charge is -2.22. The number of rotatable bonds is 6. The normalized spacial score (nSPS) is 11.8. The lowest BCUT2D eigenvalue weighted by atomic mass is 9.84. The van der Waals surface area contributed by atoms with E-state index in [1.807, 2.05) is 19.1 Å². The van der Waals surface area contributed by atoms with Crippen molar-refractivity contribution in [2.24, 2.45) is 5.92 Å². The van der Waals surface area contributed by atoms with Crippen LogP contribution in [-0.4, -0.2) is 17.7 Å². The van der Waals surface area contributed by atoms with Crippen LogP contribution in [0.25, 0.3) is 0 Å². The molecule has 0 atom stereocenters. The molecule has 3 nitrogen and oxygen atoms in total. The van der Waals surface area contributed by atoms with Gasteiger partial charge in [-0.15, -0.1) is 0 Å². The highest BCUT2D eigenvalue weighted by molar-refractivity contribution is 5.73. The van der Waals surface area contributed by atoms with Gasteiger partial charge in [-0.2, -0.15) is 0 Å². The zero-order valence-corrected chi connectivity index (χ0v) is 14.8. The van der Waals surface area contributed by atoms with Crippen LogP contribution in [0.15, 0.2) is 12.1 Å². The smallest absolute Gasteiger partial charge is 0.310 e. The first-order valence-electron chi connectivity index (χ1n) is 8.10. The van der Waals surface area contributed by atoms with Crippen molar-refractivity contribution in [3.8, 4) is 5.75 Å². The number of phenolic OH excluding ortho intramolecular Hbond substituents is 1. The van der Waals surface area contributed by atoms with Crippen LogP contribution in [0.5, 0.6) is 5.75 Å². The number of carbonyl (C=O) groups is 1. The van der Waals surface area contributed by atoms with Crippen LogP contribution in [0.2, 0.25) is 0 Å². The first-order valence-corrected chi connectivity index (χ1v) is 8.10. The van der Waals surface area contributed by atoms with Gasteiger partial charge in [0.1, 0.15) is 5.75 Å². The van der Waals surface area contributed by atoms with Crippen molar-refractivity contribution in [3.63, 3.8) is 0 Å². The molecule has 0 aliphatic carbocycles. The van der Waals surface area contributed by atoms with E-state index in [9.17, 15) is 9.90 Å². The van der Waals surface area contributed by atoms with Crippen LogP contribution in [0.4, 0.5) is 0 Å². The topological polar surface area (TPSA) is 46.5 Å². The van der Waals surface area contributed by atoms with Crippen LogP contribution in [-0.2, 0) is 21.4 Å². The number of benzene rings is 1. The summed E-state index contributed by atoms with van der Waals surface area (Å²) in [6, 6.07) is 3.78. The molecule has 1 N–H and O–H groups in total. The molecule has 0 saturated heterocycles. The largest absolute Gasteiger partial charge is 0.507 e. The van der Waals surface area contributed by atoms with Crippen LogP contribution in [0, 0.1) is 12.8 Å². The second-order valence-corrected chi connectivity index (χ2v) is 7.49. The van der Waals surface area contributed by atoms with E-state index >= 15 is 0 Å². The first-order chi connectivity index (χ1) is 10.1. The Morgan fingerprint density at radius 2 is 1.91 bits per heavy atom. The molecular weight excluding hydrogens is 276 g/mol. The van der Waals surface area contributed by atoms with Crippen molar-refractivity contribution in [1.82, 2.24) is 0 Å². The molecule has 3 heteroatoms. The van der Waals surface area contributed by atoms with Gasteiger partial charge in [0.05, 0.1) is 13.0 Å². The van der Waals surface area contributed by atoms with E-state index in [1.165, 1.54) is 0 Å². The van der Waals surface area contributed by atoms with Crippen LogP contribution >= 0.6 is 0 Å². The second kappa shape index (κ2) is 7.66. The molecule has 0 spiro atoms. The summed E-state index contributed by atoms with van der Waals surface area (Å²) in [6.07, 6.45) is 2.23. The Hall–Kier alpha value is -1.51. The fourth-order valence-electron chi connectivity index (χ4n) is 2.42. The van der Waals surface area contributed by atoms with Crippen LogP contribution in [0.1, 0.15) is 64.2 Å². The monoisotopic (exact) mass is 306 g/mol. The van der Waals surface area contributed by atoms with Crippen molar-refractivity contribution in [3.05, 3.63) is 28.8 Å². The highest BCUT2D eigenvalue weighted by Gasteiger charge is 2.20. The fraction of sp³-hybridized carbons (Fsp3) is 0.632. The Balaban J connectivity index is 2.70. The molecule has 124 valence electrons. The predicted molar refractivity (Wildman–Crippen MR) is 90.3 cm³/mol. The predicted octanol–water partition coefficient (Wildman–Crippen LogP) is 4.52. The van der Waals surface area contributed by atoms with E-state index in [4.69, 9.17) is 4.74 Å². The minimum absolute atomic E-state index is 0.161. The maximum Gasteiger partial charge on any atom is 0.310 e. The average molecular weight is 306 g/mol. The van der Waals surface area contributed by atoms with Gasteiger partial charge < -0.3 is 9.84 Å². The molecule has 0 aliphatic heterocycles. The van der Waals surface area contributed by atoms with Crippen molar-refractivity contribution in [2.75, 3.05) is 6.61 Å². The van der Waals surface area contributed by atoms with E-state index in [1.54, 1.807) is 0 Å². The maximum absolute atomic E-state index is 11.9. The zero-order chi connectivity index (χ0) is 16.9. The third-order valence-corrected chi connectivity index (χ3v) is 3.71. The standard InChI is InChI=1S/C19H30O3/c1-13(2)8-7-9-22-17(20)12-15-10-14(3)18(21)16(11-15)19(4,5)6/h10-11,13,21H,7-9,12H2,1-6H3. The molecule has 0 amide bonds. The number of esters is 1. The quantitative estimate of drug-likeness (QED) is 0.621. The molecule has 22 heavy (non-hydrogen) atoms. The Labute approximate surface area is 134 Å². The Morgan fingerprint density at radius 3 is 2.45 bits per heavy atom. The van der Waals surface area contributed by atoms with Gasteiger partial charge in [0.25, 0.3) is 0 Å². The van der Waals surface area contributed by atoms with Gasteiger partial charge in [-0.25, -0.2) is 0 Å². The van der Waals surface area contributed by atoms with Gasteiger partial charge in [0.15, 0.2) is 0 Å². The first kappa shape index (κ1) is 18.5. The summed E-state index contributed by atoms with van der Waals surface area (Å²) in [5.41, 5.74) is 2.41. The molecular formula is C19H30O3. The van der Waals surface area contributed by atoms with Gasteiger partial charge >= 0.3 is 5.97 Å². The second-order valence-electron chi connectivity index (χ2n) is 7.49. The van der Waals surface area contributed by atoms with Gasteiger partial charge in [-0.3, -0.25) is 4.79 Å². The van der Waals surface area contributed by atoms with E-state index in [0.29, 0.717) is 18.3 Å². The number of aromatic hydroxyl groups is 1. The molecule has 0 saturated carbocycles. The fourth-order valence-corrected chi connectivity index (χ4v) is 2.42. The lowest BCUT2D eigenvalue weighted by molar-refractivity contribution is -0.143. The summed E-state index contributed by atoms with van der Waals surface area (Å²) in [7, 11) is 0. The summed E-state index contributed by atoms with van der Waals surface area (Å²) in [4.78, 5) is 11.9. The molecule has 0 radical (unpaired) electrons. The summed E-state index contributed by atoms with van der Waals surface area (Å²) in [5, 5.41) is 10.2. The van der Waals surface area contributed by atoms with E-state index in [-0.39, 0.29) is 17.8 Å². The molecule has 0 fully saturated rings. The number of carbonyl (C=O) groups excluding carboxylic acids is 1. The Kier molecular flexibility index (Phi) is 6.46. The summed E-state index contributed by atoms with van der Waals surface area (Å²) >= 11 is 0. The van der Waals surface area contributed by atoms with E-state index in [0.717, 1.165) is 29.5 Å². The van der Waals surface area contributed by atoms with Gasteiger partial charge in [-0.05, 0) is 47.8 Å². The molecule has 1 rings (SSSR count). The van der Waals surface area contributed by atoms with E-state index in [2.05, 4.69) is 34.6 Å². The van der Waals surface area contributed by atoms with Crippen molar-refractivity contribution in [2.45, 2.75) is 66.2 Å². The number of aryl methyl sites for hydroxylation is 1. The third kappa shape index (κ3) is 5.70. The molecule has 0 heterocycles. The molecule has 0 aromatic heterocycles. The van der Waals surface area contributed by atoms with Gasteiger partial charge in [0, 0.05) is 0 Å². The number of hydrogen-bond acceptors (Lipinski definition) is 3. The third-order valence-electron chi connectivity index (χ3n) is 3.71. The lowest BCUT2D eigenvalue weighted by Crippen LogP contribution is -2.14. The zero-order valence-electron chi connectivity index (χ0n) is 14.8. The van der Waals surface area contributed by atoms with Crippen molar-refractivity contribution < 1.29 is 14.6 Å². The average Bonchev–Trinajstić information content (AvgIpc) is 2.37. The molecule has 1 aromatic rings. The minimum atomic E-state index is -0.200. The van der Waals surface area contributed by atoms with E-state index < -0.39 is 0 Å². The Bertz CT molecular complexity index is 510. The molecule has 0 unspecified atom stereocenters. The minimum Gasteiger partial charge on any atom is -0.507 e. The SMILES string of the molecule is Cc1cc(CC(=O)OCCCC(C)C)cc(C(C)(C)C)c1O. The highest BCUT2D eigenvalue weighted by atomic mass is 16.5. The summed E-state index contributed by atoms with van der Waals surface area (Å²) in [6.45, 7) is 12.8. The van der Waals surface area contributed by atoms with Crippen molar-refractivity contribution >= 4 is 5.97 Å². The molecule has 0 bridgehead atoms. The summed E-state index contributed by atoms with van der Waals surface area (Å²) < 4.78 is 5.29. The van der Waals surface area contributed by atoms with Gasteiger partial charge in [-0.1, -0.05) is 46.8 Å². The van der Waals surface area contributed by atoms with Crippen LogP contribution < -0.4 is 0 Å². The summed E-state index contributed by atoms with van der Waals surface area (Å²) in [5.74, 6) is 0.753. The number of hydrogen-bond donors (Lipinski definition) is 1. The van der Waals surface area contributed by atoms with Crippen molar-refractivity contribution in [1.29, 1.82) is 0 Å².